The van der Waals surface area contributed by atoms with E-state index in [0.717, 1.165) is 6.61 Å². The first-order valence-corrected chi connectivity index (χ1v) is 8.41. The first kappa shape index (κ1) is 13.8. The topological polar surface area (TPSA) is 24.5 Å². The Kier molecular flexibility index (Phi) is 4.78. The number of rotatable bonds is 4. The second-order valence-electron chi connectivity index (χ2n) is 6.94. The molecule has 1 N–H and O–H groups in total. The molecule has 2 unspecified atom stereocenters. The molecule has 1 spiro atoms. The molecule has 3 heterocycles. The van der Waals surface area contributed by atoms with E-state index >= 15 is 0 Å². The zero-order chi connectivity index (χ0) is 13.0. The maximum Gasteiger partial charge on any atom is 0.0576 e. The molecular weight excluding hydrogens is 236 g/mol. The zero-order valence-electron chi connectivity index (χ0n) is 12.3. The number of hydrogen-bond donors (Lipinski definition) is 1. The van der Waals surface area contributed by atoms with Crippen molar-refractivity contribution in [2.75, 3.05) is 39.3 Å². The van der Waals surface area contributed by atoms with Crippen molar-refractivity contribution in [1.82, 2.24) is 10.2 Å². The lowest BCUT2D eigenvalue weighted by molar-refractivity contribution is 0.0570. The van der Waals surface area contributed by atoms with E-state index in [2.05, 4.69) is 10.2 Å². The lowest BCUT2D eigenvalue weighted by Crippen LogP contribution is -2.51. The van der Waals surface area contributed by atoms with E-state index < -0.39 is 0 Å². The normalized spacial score (nSPS) is 36.9. The van der Waals surface area contributed by atoms with Gasteiger partial charge in [0.1, 0.15) is 0 Å². The van der Waals surface area contributed by atoms with Crippen LogP contribution in [0.15, 0.2) is 0 Å². The van der Waals surface area contributed by atoms with Crippen LogP contribution in [0.25, 0.3) is 0 Å². The summed E-state index contributed by atoms with van der Waals surface area (Å²) in [5, 5.41) is 3.62. The SMILES string of the molecule is C1COC(CCCN2CCCC3(CCCNC3)C2)C1. The molecule has 0 aromatic rings. The molecule has 0 aromatic heterocycles. The van der Waals surface area contributed by atoms with Gasteiger partial charge in [0.2, 0.25) is 0 Å². The Balaban J connectivity index is 1.40. The number of nitrogens with zero attached hydrogens (tertiary/aromatic N) is 1. The van der Waals surface area contributed by atoms with Gasteiger partial charge in [0, 0.05) is 19.7 Å². The Morgan fingerprint density at radius 3 is 2.95 bits per heavy atom. The maximum absolute atomic E-state index is 5.72. The highest BCUT2D eigenvalue weighted by molar-refractivity contribution is 4.91. The highest BCUT2D eigenvalue weighted by Gasteiger charge is 2.36. The van der Waals surface area contributed by atoms with Crippen LogP contribution in [-0.4, -0.2) is 50.3 Å². The summed E-state index contributed by atoms with van der Waals surface area (Å²) >= 11 is 0. The molecule has 3 aliphatic rings. The molecular formula is C16H30N2O. The van der Waals surface area contributed by atoms with Crippen molar-refractivity contribution in [2.24, 2.45) is 5.41 Å². The van der Waals surface area contributed by atoms with Crippen molar-refractivity contribution in [2.45, 2.75) is 57.5 Å². The summed E-state index contributed by atoms with van der Waals surface area (Å²) in [5.41, 5.74) is 0.611. The number of hydrogen-bond acceptors (Lipinski definition) is 3. The predicted octanol–water partition coefficient (Wildman–Crippen LogP) is 2.41. The summed E-state index contributed by atoms with van der Waals surface area (Å²) in [5.74, 6) is 0. The smallest absolute Gasteiger partial charge is 0.0576 e. The van der Waals surface area contributed by atoms with Crippen LogP contribution in [-0.2, 0) is 4.74 Å². The molecule has 3 saturated heterocycles. The molecule has 0 aromatic carbocycles. The van der Waals surface area contributed by atoms with Crippen LogP contribution in [0.1, 0.15) is 51.4 Å². The van der Waals surface area contributed by atoms with Crippen molar-refractivity contribution in [3.8, 4) is 0 Å². The van der Waals surface area contributed by atoms with E-state index in [1.54, 1.807) is 0 Å². The van der Waals surface area contributed by atoms with Gasteiger partial charge in [-0.15, -0.1) is 0 Å². The maximum atomic E-state index is 5.72. The van der Waals surface area contributed by atoms with Gasteiger partial charge in [-0.1, -0.05) is 0 Å². The summed E-state index contributed by atoms with van der Waals surface area (Å²) in [4.78, 5) is 2.73. The molecule has 3 heteroatoms. The Morgan fingerprint density at radius 1 is 1.21 bits per heavy atom. The summed E-state index contributed by atoms with van der Waals surface area (Å²) in [7, 11) is 0. The second kappa shape index (κ2) is 6.55. The summed E-state index contributed by atoms with van der Waals surface area (Å²) in [6.45, 7) is 7.46. The number of ether oxygens (including phenoxy) is 1. The van der Waals surface area contributed by atoms with Crippen LogP contribution in [0.3, 0.4) is 0 Å². The minimum absolute atomic E-state index is 0.579. The van der Waals surface area contributed by atoms with Crippen LogP contribution in [0.2, 0.25) is 0 Å². The lowest BCUT2D eigenvalue weighted by atomic mass is 9.74. The van der Waals surface area contributed by atoms with Crippen molar-refractivity contribution in [3.63, 3.8) is 0 Å². The largest absolute Gasteiger partial charge is 0.378 e. The van der Waals surface area contributed by atoms with E-state index in [1.165, 1.54) is 84.1 Å². The molecule has 3 aliphatic heterocycles. The third-order valence-electron chi connectivity index (χ3n) is 5.33. The minimum Gasteiger partial charge on any atom is -0.378 e. The summed E-state index contributed by atoms with van der Waals surface area (Å²) in [6, 6.07) is 0. The standard InChI is InChI=1S/C16H30N2O/c1(5-15-6-2-12-19-15)10-18-11-4-8-16(14-18)7-3-9-17-13-16/h15,17H,1-14H2. The average molecular weight is 266 g/mol. The molecule has 19 heavy (non-hydrogen) atoms. The third-order valence-corrected chi connectivity index (χ3v) is 5.33. The first-order valence-electron chi connectivity index (χ1n) is 8.41. The average Bonchev–Trinajstić information content (AvgIpc) is 2.93. The molecule has 0 bridgehead atoms. The molecule has 3 fully saturated rings. The quantitative estimate of drug-likeness (QED) is 0.846. The van der Waals surface area contributed by atoms with Gasteiger partial charge in [-0.3, -0.25) is 0 Å². The van der Waals surface area contributed by atoms with E-state index in [-0.39, 0.29) is 0 Å². The molecule has 0 saturated carbocycles. The lowest BCUT2D eigenvalue weighted by Gasteiger charge is -2.45. The third kappa shape index (κ3) is 3.71. The van der Waals surface area contributed by atoms with Gasteiger partial charge in [-0.05, 0) is 76.4 Å². The van der Waals surface area contributed by atoms with Crippen LogP contribution in [0.5, 0.6) is 0 Å². The fourth-order valence-corrected chi connectivity index (χ4v) is 4.29. The van der Waals surface area contributed by atoms with Crippen molar-refractivity contribution in [3.05, 3.63) is 0 Å². The van der Waals surface area contributed by atoms with E-state index in [9.17, 15) is 0 Å². The predicted molar refractivity (Wildman–Crippen MR) is 78.4 cm³/mol. The number of piperidine rings is 2. The molecule has 3 rings (SSSR count). The number of likely N-dealkylation sites (tertiary alicyclic amines) is 1. The van der Waals surface area contributed by atoms with Gasteiger partial charge in [0.25, 0.3) is 0 Å². The van der Waals surface area contributed by atoms with Crippen LogP contribution >= 0.6 is 0 Å². The minimum atomic E-state index is 0.579. The van der Waals surface area contributed by atoms with Gasteiger partial charge in [-0.25, -0.2) is 0 Å². The van der Waals surface area contributed by atoms with E-state index in [0.29, 0.717) is 11.5 Å². The molecule has 0 amide bonds. The first-order chi connectivity index (χ1) is 9.36. The molecule has 0 aliphatic carbocycles. The van der Waals surface area contributed by atoms with Crippen molar-refractivity contribution >= 4 is 0 Å². The fraction of sp³-hybridized carbons (Fsp3) is 1.00. The Morgan fingerprint density at radius 2 is 2.16 bits per heavy atom. The van der Waals surface area contributed by atoms with Gasteiger partial charge in [0.05, 0.1) is 6.10 Å². The Bertz CT molecular complexity index is 264. The summed E-state index contributed by atoms with van der Waals surface area (Å²) < 4.78 is 5.72. The van der Waals surface area contributed by atoms with Crippen LogP contribution in [0, 0.1) is 5.41 Å². The van der Waals surface area contributed by atoms with Gasteiger partial charge in [0.15, 0.2) is 0 Å². The fourth-order valence-electron chi connectivity index (χ4n) is 4.29. The molecule has 2 atom stereocenters. The van der Waals surface area contributed by atoms with Gasteiger partial charge < -0.3 is 15.0 Å². The van der Waals surface area contributed by atoms with Crippen LogP contribution in [0.4, 0.5) is 0 Å². The second-order valence-corrected chi connectivity index (χ2v) is 6.94. The Hall–Kier alpha value is -0.120. The van der Waals surface area contributed by atoms with E-state index in [1.807, 2.05) is 0 Å². The van der Waals surface area contributed by atoms with Crippen molar-refractivity contribution < 1.29 is 4.74 Å². The zero-order valence-corrected chi connectivity index (χ0v) is 12.3. The number of nitrogens with one attached hydrogen (secondary N) is 1. The Labute approximate surface area is 118 Å². The van der Waals surface area contributed by atoms with E-state index in [4.69, 9.17) is 4.74 Å². The van der Waals surface area contributed by atoms with Gasteiger partial charge >= 0.3 is 0 Å². The molecule has 110 valence electrons. The molecule has 0 radical (unpaired) electrons. The van der Waals surface area contributed by atoms with Crippen LogP contribution < -0.4 is 5.32 Å². The highest BCUT2D eigenvalue weighted by atomic mass is 16.5. The van der Waals surface area contributed by atoms with Crippen molar-refractivity contribution in [1.29, 1.82) is 0 Å². The van der Waals surface area contributed by atoms with Gasteiger partial charge in [-0.2, -0.15) is 0 Å². The monoisotopic (exact) mass is 266 g/mol. The summed E-state index contributed by atoms with van der Waals surface area (Å²) in [6.07, 6.45) is 11.4. The molecule has 3 nitrogen and oxygen atoms in total. The highest BCUT2D eigenvalue weighted by Crippen LogP contribution is 2.35.